The van der Waals surface area contributed by atoms with E-state index in [0.29, 0.717) is 5.82 Å². The van der Waals surface area contributed by atoms with Gasteiger partial charge in [-0.1, -0.05) is 33.8 Å². The normalized spacial score (nSPS) is 25.4. The molecule has 2 fully saturated rings. The molecule has 0 spiro atoms. The zero-order valence-electron chi connectivity index (χ0n) is 18.8. The van der Waals surface area contributed by atoms with Crippen LogP contribution in [0.1, 0.15) is 59.1 Å². The van der Waals surface area contributed by atoms with Gasteiger partial charge < -0.3 is 10.2 Å². The number of nitrogens with one attached hydrogen (secondary N) is 1. The van der Waals surface area contributed by atoms with Gasteiger partial charge in [0, 0.05) is 31.2 Å². The lowest BCUT2D eigenvalue weighted by Crippen LogP contribution is -2.44. The molecule has 0 atom stereocenters. The molecule has 2 aliphatic rings. The molecule has 0 bridgehead atoms. The highest BCUT2D eigenvalue weighted by molar-refractivity contribution is 5.84. The van der Waals surface area contributed by atoms with Crippen molar-refractivity contribution in [2.75, 3.05) is 11.9 Å². The number of hydrogen-bond acceptors (Lipinski definition) is 3. The molecule has 1 N–H and O–H groups in total. The van der Waals surface area contributed by atoms with E-state index < -0.39 is 11.9 Å². The Kier molecular flexibility index (Phi) is 5.06. The van der Waals surface area contributed by atoms with Gasteiger partial charge in [0.1, 0.15) is 11.5 Å². The minimum absolute atomic E-state index is 0.0211. The van der Waals surface area contributed by atoms with Gasteiger partial charge in [-0.25, -0.2) is 4.98 Å². The molecule has 0 aromatic carbocycles. The number of hydrogen-bond donors (Lipinski definition) is 1. The van der Waals surface area contributed by atoms with Gasteiger partial charge in [0.05, 0.1) is 0 Å². The van der Waals surface area contributed by atoms with Crippen molar-refractivity contribution in [3.63, 3.8) is 0 Å². The standard InChI is InChI=1S/C23H31F3N4O/c1-21(2)19(22(21,3)4)20(31)27-14-9-11-15(12-10-14)29(5)18-8-6-7-17-28-16(13-30(17)18)23(24,25)26/h6-8,13-15,19H,9-12H2,1-5H3,(H,27,31). The number of halogens is 3. The average molecular weight is 437 g/mol. The maximum atomic E-state index is 13.1. The molecule has 0 radical (unpaired) electrons. The maximum absolute atomic E-state index is 13.1. The summed E-state index contributed by atoms with van der Waals surface area (Å²) in [6.07, 6.45) is 0.0608. The van der Waals surface area contributed by atoms with E-state index in [1.165, 1.54) is 4.40 Å². The molecule has 170 valence electrons. The van der Waals surface area contributed by atoms with Crippen molar-refractivity contribution in [2.24, 2.45) is 16.7 Å². The highest BCUT2D eigenvalue weighted by atomic mass is 19.4. The molecule has 31 heavy (non-hydrogen) atoms. The predicted octanol–water partition coefficient (Wildman–Crippen LogP) is 4.90. The Morgan fingerprint density at radius 1 is 1.13 bits per heavy atom. The molecular weight excluding hydrogens is 405 g/mol. The van der Waals surface area contributed by atoms with Crippen molar-refractivity contribution in [3.8, 4) is 0 Å². The molecule has 4 rings (SSSR count). The number of imidazole rings is 1. The van der Waals surface area contributed by atoms with Gasteiger partial charge in [-0.15, -0.1) is 0 Å². The molecule has 0 unspecified atom stereocenters. The number of carbonyl (C=O) groups excluding carboxylic acids is 1. The average Bonchev–Trinajstić information content (AvgIpc) is 2.99. The van der Waals surface area contributed by atoms with E-state index >= 15 is 0 Å². The van der Waals surface area contributed by atoms with Crippen LogP contribution < -0.4 is 10.2 Å². The van der Waals surface area contributed by atoms with E-state index in [4.69, 9.17) is 0 Å². The third kappa shape index (κ3) is 3.68. The molecule has 2 aromatic heterocycles. The van der Waals surface area contributed by atoms with E-state index in [-0.39, 0.29) is 40.4 Å². The largest absolute Gasteiger partial charge is 0.434 e. The monoisotopic (exact) mass is 436 g/mol. The zero-order chi connectivity index (χ0) is 22.8. The number of alkyl halides is 3. The minimum atomic E-state index is -4.47. The Labute approximate surface area is 181 Å². The summed E-state index contributed by atoms with van der Waals surface area (Å²) >= 11 is 0. The summed E-state index contributed by atoms with van der Waals surface area (Å²) in [5.41, 5.74) is -0.557. The quantitative estimate of drug-likeness (QED) is 0.742. The Bertz CT molecular complexity index is 972. The molecular formula is C23H31F3N4O. The molecule has 1 amide bonds. The Morgan fingerprint density at radius 2 is 1.74 bits per heavy atom. The van der Waals surface area contributed by atoms with E-state index in [9.17, 15) is 18.0 Å². The number of amides is 1. The molecule has 2 saturated carbocycles. The van der Waals surface area contributed by atoms with Crippen LogP contribution in [0.3, 0.4) is 0 Å². The smallest absolute Gasteiger partial charge is 0.358 e. The first-order chi connectivity index (χ1) is 14.3. The van der Waals surface area contributed by atoms with Crippen LogP contribution in [-0.2, 0) is 11.0 Å². The van der Waals surface area contributed by atoms with Gasteiger partial charge >= 0.3 is 6.18 Å². The molecule has 2 aromatic rings. The lowest BCUT2D eigenvalue weighted by atomic mass is 9.90. The summed E-state index contributed by atoms with van der Waals surface area (Å²) in [6, 6.07) is 5.49. The third-order valence-corrected chi connectivity index (χ3v) is 8.00. The summed E-state index contributed by atoms with van der Waals surface area (Å²) in [5.74, 6) is 0.881. The van der Waals surface area contributed by atoms with Crippen LogP contribution in [0.5, 0.6) is 0 Å². The number of pyridine rings is 1. The fourth-order valence-corrected chi connectivity index (χ4v) is 5.35. The predicted molar refractivity (Wildman–Crippen MR) is 114 cm³/mol. The van der Waals surface area contributed by atoms with Crippen molar-refractivity contribution in [1.82, 2.24) is 14.7 Å². The Balaban J connectivity index is 1.40. The Hall–Kier alpha value is -2.25. The van der Waals surface area contributed by atoms with E-state index in [2.05, 4.69) is 38.0 Å². The number of aromatic nitrogens is 2. The van der Waals surface area contributed by atoms with Gasteiger partial charge in [-0.2, -0.15) is 13.2 Å². The lowest BCUT2D eigenvalue weighted by Gasteiger charge is -2.36. The van der Waals surface area contributed by atoms with Gasteiger partial charge in [-0.05, 0) is 48.6 Å². The molecule has 8 heteroatoms. The SMILES string of the molecule is CN(c1cccc2nc(C(F)(F)F)cn12)C1CCC(NC(=O)C2C(C)(C)C2(C)C)CC1. The highest BCUT2D eigenvalue weighted by Gasteiger charge is 2.68. The first-order valence-corrected chi connectivity index (χ1v) is 10.9. The topological polar surface area (TPSA) is 49.6 Å². The lowest BCUT2D eigenvalue weighted by molar-refractivity contribution is -0.140. The second-order valence-corrected chi connectivity index (χ2v) is 10.2. The van der Waals surface area contributed by atoms with Gasteiger partial charge in [0.2, 0.25) is 5.91 Å². The van der Waals surface area contributed by atoms with E-state index in [0.717, 1.165) is 31.9 Å². The third-order valence-electron chi connectivity index (χ3n) is 8.00. The molecule has 0 saturated heterocycles. The van der Waals surface area contributed by atoms with Crippen LogP contribution in [0.25, 0.3) is 5.65 Å². The Morgan fingerprint density at radius 3 is 2.29 bits per heavy atom. The summed E-state index contributed by atoms with van der Waals surface area (Å²) in [6.45, 7) is 8.57. The molecule has 5 nitrogen and oxygen atoms in total. The van der Waals surface area contributed by atoms with Gasteiger partial charge in [0.15, 0.2) is 5.69 Å². The zero-order valence-corrected chi connectivity index (χ0v) is 18.8. The number of nitrogens with zero attached hydrogens (tertiary/aromatic N) is 3. The fraction of sp³-hybridized carbons (Fsp3) is 0.652. The second kappa shape index (κ2) is 7.14. The fourth-order valence-electron chi connectivity index (χ4n) is 5.35. The van der Waals surface area contributed by atoms with Crippen molar-refractivity contribution in [3.05, 3.63) is 30.1 Å². The molecule has 2 aliphatic carbocycles. The number of fused-ring (bicyclic) bond motifs is 1. The molecule has 2 heterocycles. The number of anilines is 1. The first kappa shape index (κ1) is 22.0. The summed E-state index contributed by atoms with van der Waals surface area (Å²) in [4.78, 5) is 18.5. The second-order valence-electron chi connectivity index (χ2n) is 10.2. The van der Waals surface area contributed by atoms with Crippen LogP contribution >= 0.6 is 0 Å². The summed E-state index contributed by atoms with van der Waals surface area (Å²) in [5, 5.41) is 3.24. The van der Waals surface area contributed by atoms with Crippen molar-refractivity contribution < 1.29 is 18.0 Å². The minimum Gasteiger partial charge on any atom is -0.358 e. The van der Waals surface area contributed by atoms with Crippen molar-refractivity contribution in [2.45, 2.75) is 71.6 Å². The first-order valence-electron chi connectivity index (χ1n) is 10.9. The molecule has 0 aliphatic heterocycles. The van der Waals surface area contributed by atoms with Crippen LogP contribution in [0.4, 0.5) is 19.0 Å². The van der Waals surface area contributed by atoms with Crippen LogP contribution in [-0.4, -0.2) is 34.4 Å². The van der Waals surface area contributed by atoms with Crippen molar-refractivity contribution >= 4 is 17.4 Å². The van der Waals surface area contributed by atoms with Crippen molar-refractivity contribution in [1.29, 1.82) is 0 Å². The van der Waals surface area contributed by atoms with Crippen LogP contribution in [0, 0.1) is 16.7 Å². The van der Waals surface area contributed by atoms with Crippen LogP contribution in [0.2, 0.25) is 0 Å². The summed E-state index contributed by atoms with van der Waals surface area (Å²) < 4.78 is 40.8. The number of carbonyl (C=O) groups is 1. The summed E-state index contributed by atoms with van der Waals surface area (Å²) in [7, 11) is 1.92. The van der Waals surface area contributed by atoms with Gasteiger partial charge in [0.25, 0.3) is 0 Å². The highest BCUT2D eigenvalue weighted by Crippen LogP contribution is 2.68. The van der Waals surface area contributed by atoms with Crippen LogP contribution in [0.15, 0.2) is 24.4 Å². The number of rotatable bonds is 4. The maximum Gasteiger partial charge on any atom is 0.434 e. The van der Waals surface area contributed by atoms with E-state index in [1.807, 2.05) is 18.0 Å². The van der Waals surface area contributed by atoms with E-state index in [1.54, 1.807) is 12.1 Å². The van der Waals surface area contributed by atoms with Gasteiger partial charge in [-0.3, -0.25) is 9.20 Å².